The van der Waals surface area contributed by atoms with E-state index in [-0.39, 0.29) is 12.2 Å². The van der Waals surface area contributed by atoms with Crippen LogP contribution in [0.2, 0.25) is 0 Å². The van der Waals surface area contributed by atoms with Gasteiger partial charge in [0.15, 0.2) is 11.5 Å². The first-order chi connectivity index (χ1) is 11.5. The number of aryl methyl sites for hydroxylation is 1. The van der Waals surface area contributed by atoms with Crippen molar-refractivity contribution in [2.75, 3.05) is 13.9 Å². The van der Waals surface area contributed by atoms with Gasteiger partial charge in [-0.1, -0.05) is 19.0 Å². The highest BCUT2D eigenvalue weighted by atomic mass is 16.7. The number of hydrogen-bond acceptors (Lipinski definition) is 5. The van der Waals surface area contributed by atoms with Crippen molar-refractivity contribution in [3.05, 3.63) is 29.5 Å². The molecule has 0 bridgehead atoms. The Morgan fingerprint density at radius 1 is 1.21 bits per heavy atom. The van der Waals surface area contributed by atoms with E-state index in [2.05, 4.69) is 19.0 Å². The van der Waals surface area contributed by atoms with Crippen LogP contribution in [0.1, 0.15) is 31.5 Å². The Balaban J connectivity index is 1.88. The molecule has 0 N–H and O–H groups in total. The van der Waals surface area contributed by atoms with Crippen LogP contribution in [0.5, 0.6) is 11.5 Å². The average Bonchev–Trinajstić information content (AvgIpc) is 3.11. The Morgan fingerprint density at radius 3 is 2.79 bits per heavy atom. The second kappa shape index (κ2) is 5.26. The van der Waals surface area contributed by atoms with Crippen LogP contribution in [0.25, 0.3) is 11.3 Å². The van der Waals surface area contributed by atoms with Crippen LogP contribution in [-0.4, -0.2) is 29.4 Å². The molecule has 1 aromatic heterocycles. The number of ether oxygens (including phenoxy) is 2. The summed E-state index contributed by atoms with van der Waals surface area (Å²) in [6, 6.07) is 5.92. The molecule has 0 radical (unpaired) electrons. The van der Waals surface area contributed by atoms with Gasteiger partial charge in [-0.25, -0.2) is 0 Å². The van der Waals surface area contributed by atoms with E-state index in [4.69, 9.17) is 19.4 Å². The number of benzene rings is 1. The normalized spacial score (nSPS) is 19.4. The quantitative estimate of drug-likeness (QED) is 0.795. The highest BCUT2D eigenvalue weighted by molar-refractivity contribution is 6.07. The second-order valence-electron chi connectivity index (χ2n) is 7.10. The molecule has 2 aromatic rings. The average molecular weight is 327 g/mol. The minimum absolute atomic E-state index is 0.129. The van der Waals surface area contributed by atoms with Crippen LogP contribution in [-0.2, 0) is 18.3 Å². The summed E-state index contributed by atoms with van der Waals surface area (Å²) in [6.07, 6.45) is 1.82. The zero-order valence-corrected chi connectivity index (χ0v) is 14.4. The number of oxime groups is 1. The van der Waals surface area contributed by atoms with E-state index in [0.29, 0.717) is 0 Å². The molecule has 2 aliphatic rings. The van der Waals surface area contributed by atoms with Gasteiger partial charge < -0.3 is 14.3 Å². The van der Waals surface area contributed by atoms with Gasteiger partial charge in [-0.05, 0) is 36.5 Å². The summed E-state index contributed by atoms with van der Waals surface area (Å²) < 4.78 is 12.9. The first kappa shape index (κ1) is 15.1. The standard InChI is InChI=1S/C18H21N3O3/c1-18(2)8-12(20-22-4)16-13(9-18)21(3)19-17(16)11-5-6-14-15(7-11)24-10-23-14/h5-7H,8-10H2,1-4H3/b20-12+. The fourth-order valence-corrected chi connectivity index (χ4v) is 3.56. The molecule has 6 nitrogen and oxygen atoms in total. The number of hydrogen-bond donors (Lipinski definition) is 0. The third-order valence-electron chi connectivity index (χ3n) is 4.59. The molecule has 1 aromatic carbocycles. The summed E-state index contributed by atoms with van der Waals surface area (Å²) in [5.74, 6) is 1.53. The minimum Gasteiger partial charge on any atom is -0.454 e. The molecule has 0 unspecified atom stereocenters. The number of fused-ring (bicyclic) bond motifs is 2. The first-order valence-electron chi connectivity index (χ1n) is 8.05. The summed E-state index contributed by atoms with van der Waals surface area (Å²) in [7, 11) is 3.58. The molecule has 1 aliphatic carbocycles. The summed E-state index contributed by atoms with van der Waals surface area (Å²) in [4.78, 5) is 5.11. The van der Waals surface area contributed by atoms with Gasteiger partial charge in [0, 0.05) is 23.9 Å². The maximum Gasteiger partial charge on any atom is 0.231 e. The zero-order chi connectivity index (χ0) is 16.9. The predicted molar refractivity (Wildman–Crippen MR) is 90.4 cm³/mol. The topological polar surface area (TPSA) is 57.9 Å². The number of rotatable bonds is 2. The minimum atomic E-state index is 0.129. The van der Waals surface area contributed by atoms with Crippen LogP contribution >= 0.6 is 0 Å². The van der Waals surface area contributed by atoms with Crippen LogP contribution < -0.4 is 9.47 Å². The van der Waals surface area contributed by atoms with Gasteiger partial charge in [-0.15, -0.1) is 0 Å². The molecule has 24 heavy (non-hydrogen) atoms. The van der Waals surface area contributed by atoms with Crippen molar-refractivity contribution >= 4 is 5.71 Å². The SMILES string of the molecule is CO/N=C1\CC(C)(C)Cc2c1c(-c1ccc3c(c1)OCO3)nn2C. The molecule has 4 rings (SSSR count). The van der Waals surface area contributed by atoms with Crippen LogP contribution in [0.4, 0.5) is 0 Å². The Kier molecular flexibility index (Phi) is 3.30. The lowest BCUT2D eigenvalue weighted by Crippen LogP contribution is -2.28. The molecule has 0 saturated heterocycles. The monoisotopic (exact) mass is 327 g/mol. The summed E-state index contributed by atoms with van der Waals surface area (Å²) >= 11 is 0. The third kappa shape index (κ3) is 2.33. The summed E-state index contributed by atoms with van der Waals surface area (Å²) in [5, 5.41) is 9.07. The highest BCUT2D eigenvalue weighted by Gasteiger charge is 2.35. The van der Waals surface area contributed by atoms with E-state index in [1.807, 2.05) is 29.9 Å². The Morgan fingerprint density at radius 2 is 2.00 bits per heavy atom. The predicted octanol–water partition coefficient (Wildman–Crippen LogP) is 3.14. The van der Waals surface area contributed by atoms with Gasteiger partial charge in [0.25, 0.3) is 0 Å². The van der Waals surface area contributed by atoms with Gasteiger partial charge in [0.1, 0.15) is 12.8 Å². The lowest BCUT2D eigenvalue weighted by atomic mass is 9.75. The molecule has 2 heterocycles. The van der Waals surface area contributed by atoms with Crippen LogP contribution in [0, 0.1) is 5.41 Å². The third-order valence-corrected chi connectivity index (χ3v) is 4.59. The highest BCUT2D eigenvalue weighted by Crippen LogP contribution is 2.41. The van der Waals surface area contributed by atoms with Gasteiger partial charge in [0.2, 0.25) is 6.79 Å². The molecule has 126 valence electrons. The first-order valence-corrected chi connectivity index (χ1v) is 8.05. The van der Waals surface area contributed by atoms with E-state index in [1.54, 1.807) is 7.11 Å². The maximum absolute atomic E-state index is 5.51. The number of aromatic nitrogens is 2. The molecular weight excluding hydrogens is 306 g/mol. The van der Waals surface area contributed by atoms with Gasteiger partial charge in [-0.2, -0.15) is 5.10 Å². The van der Waals surface area contributed by atoms with Crippen molar-refractivity contribution in [1.29, 1.82) is 0 Å². The zero-order valence-electron chi connectivity index (χ0n) is 14.4. The van der Waals surface area contributed by atoms with Gasteiger partial charge in [-0.3, -0.25) is 4.68 Å². The molecular formula is C18H21N3O3. The molecule has 0 fully saturated rings. The second-order valence-corrected chi connectivity index (χ2v) is 7.10. The Hall–Kier alpha value is -2.50. The van der Waals surface area contributed by atoms with Crippen molar-refractivity contribution in [3.63, 3.8) is 0 Å². The van der Waals surface area contributed by atoms with Gasteiger partial charge in [0.05, 0.1) is 5.71 Å². The molecule has 0 atom stereocenters. The fourth-order valence-electron chi connectivity index (χ4n) is 3.56. The smallest absolute Gasteiger partial charge is 0.231 e. The molecule has 0 amide bonds. The molecule has 0 saturated carbocycles. The molecule has 6 heteroatoms. The maximum atomic E-state index is 5.51. The van der Waals surface area contributed by atoms with Crippen molar-refractivity contribution in [2.24, 2.45) is 17.6 Å². The number of nitrogens with zero attached hydrogens (tertiary/aromatic N) is 3. The largest absolute Gasteiger partial charge is 0.454 e. The van der Waals surface area contributed by atoms with Crippen molar-refractivity contribution in [2.45, 2.75) is 26.7 Å². The lowest BCUT2D eigenvalue weighted by Gasteiger charge is -2.30. The fraction of sp³-hybridized carbons (Fsp3) is 0.444. The van der Waals surface area contributed by atoms with Crippen LogP contribution in [0.15, 0.2) is 23.4 Å². The van der Waals surface area contributed by atoms with E-state index >= 15 is 0 Å². The van der Waals surface area contributed by atoms with E-state index in [1.165, 1.54) is 5.69 Å². The van der Waals surface area contributed by atoms with E-state index in [0.717, 1.165) is 46.9 Å². The lowest BCUT2D eigenvalue weighted by molar-refractivity contribution is 0.174. The van der Waals surface area contributed by atoms with E-state index < -0.39 is 0 Å². The van der Waals surface area contributed by atoms with Crippen molar-refractivity contribution < 1.29 is 14.3 Å². The summed E-state index contributed by atoms with van der Waals surface area (Å²) in [5.41, 5.74) is 5.26. The molecule has 0 spiro atoms. The molecule has 1 aliphatic heterocycles. The summed E-state index contributed by atoms with van der Waals surface area (Å²) in [6.45, 7) is 4.76. The van der Waals surface area contributed by atoms with E-state index in [9.17, 15) is 0 Å². The Bertz CT molecular complexity index is 836. The Labute approximate surface area is 141 Å². The van der Waals surface area contributed by atoms with Crippen molar-refractivity contribution in [3.8, 4) is 22.8 Å². The van der Waals surface area contributed by atoms with Gasteiger partial charge >= 0.3 is 0 Å². The van der Waals surface area contributed by atoms with Crippen molar-refractivity contribution in [1.82, 2.24) is 9.78 Å². The van der Waals surface area contributed by atoms with Crippen LogP contribution in [0.3, 0.4) is 0 Å².